The highest BCUT2D eigenvalue weighted by molar-refractivity contribution is 5.94. The van der Waals surface area contributed by atoms with Gasteiger partial charge in [-0.05, 0) is 42.3 Å². The van der Waals surface area contributed by atoms with E-state index in [4.69, 9.17) is 0 Å². The maximum absolute atomic E-state index is 14.3. The van der Waals surface area contributed by atoms with E-state index in [1.807, 2.05) is 0 Å². The van der Waals surface area contributed by atoms with Crippen LogP contribution in [0.5, 0.6) is 0 Å². The normalized spacial score (nSPS) is 11.8. The number of nitrogens with zero attached hydrogens (tertiary/aromatic N) is 1. The number of pyridine rings is 2. The summed E-state index contributed by atoms with van der Waals surface area (Å²) in [6.45, 7) is 1.58. The number of carbonyl (C=O) groups excluding carboxylic acids is 1. The largest absolute Gasteiger partial charge is 0.339 e. The van der Waals surface area contributed by atoms with Gasteiger partial charge >= 0.3 is 0 Å². The quantitative estimate of drug-likeness (QED) is 0.756. The minimum atomic E-state index is -0.921. The molecule has 0 aliphatic rings. The van der Waals surface area contributed by atoms with Gasteiger partial charge in [-0.1, -0.05) is 12.1 Å². The van der Waals surface area contributed by atoms with Crippen molar-refractivity contribution in [2.75, 3.05) is 0 Å². The molecule has 0 aliphatic carbocycles. The van der Waals surface area contributed by atoms with E-state index >= 15 is 0 Å². The molecule has 2 N–H and O–H groups in total. The first-order chi connectivity index (χ1) is 12.5. The number of aromatic nitrogens is 2. The number of hydrogen-bond acceptors (Lipinski definition) is 3. The van der Waals surface area contributed by atoms with Crippen molar-refractivity contribution in [3.63, 3.8) is 0 Å². The van der Waals surface area contributed by atoms with Crippen LogP contribution >= 0.6 is 0 Å². The lowest BCUT2D eigenvalue weighted by atomic mass is 10.00. The van der Waals surface area contributed by atoms with Crippen LogP contribution in [0, 0.1) is 18.6 Å². The van der Waals surface area contributed by atoms with Gasteiger partial charge in [-0.25, -0.2) is 8.78 Å². The molecule has 26 heavy (non-hydrogen) atoms. The highest BCUT2D eigenvalue weighted by atomic mass is 19.1. The van der Waals surface area contributed by atoms with Crippen LogP contribution in [-0.2, 0) is 0 Å². The van der Waals surface area contributed by atoms with Crippen LogP contribution in [0.15, 0.2) is 59.7 Å². The van der Waals surface area contributed by atoms with Crippen molar-refractivity contribution in [2.24, 2.45) is 0 Å². The van der Waals surface area contributed by atoms with Crippen molar-refractivity contribution < 1.29 is 13.6 Å². The minimum absolute atomic E-state index is 0.0104. The number of hydrogen-bond donors (Lipinski definition) is 2. The topological polar surface area (TPSA) is 74.8 Å². The van der Waals surface area contributed by atoms with Gasteiger partial charge in [0.15, 0.2) is 0 Å². The van der Waals surface area contributed by atoms with E-state index in [9.17, 15) is 18.4 Å². The Balaban J connectivity index is 2.01. The molecule has 2 heterocycles. The number of aromatic amines is 1. The molecule has 1 aromatic carbocycles. The molecule has 3 rings (SSSR count). The molecule has 0 radical (unpaired) electrons. The molecular weight excluding hydrogens is 340 g/mol. The maximum Gasteiger partial charge on any atom is 0.253 e. The van der Waals surface area contributed by atoms with Crippen molar-refractivity contribution in [3.05, 3.63) is 99.2 Å². The zero-order valence-corrected chi connectivity index (χ0v) is 13.8. The SMILES string of the molecule is Cc1cc([C@H](NC(=O)c2ccc(=O)[nH]c2)c2ncccc2F)ccc1F. The van der Waals surface area contributed by atoms with E-state index in [1.54, 1.807) is 6.92 Å². The van der Waals surface area contributed by atoms with Crippen LogP contribution in [0.1, 0.15) is 33.2 Å². The fourth-order valence-corrected chi connectivity index (χ4v) is 2.53. The standard InChI is InChI=1S/C19H15F2N3O2/c1-11-9-12(4-6-14(11)20)17(18-15(21)3-2-8-22-18)24-19(26)13-5-7-16(25)23-10-13/h2-10,17H,1H3,(H,23,25)(H,24,26)/t17-/m0/s1. The van der Waals surface area contributed by atoms with E-state index in [-0.39, 0.29) is 16.8 Å². The first-order valence-corrected chi connectivity index (χ1v) is 7.82. The Labute approximate surface area is 147 Å². The zero-order chi connectivity index (χ0) is 18.7. The van der Waals surface area contributed by atoms with E-state index in [1.165, 1.54) is 54.9 Å². The van der Waals surface area contributed by atoms with Crippen LogP contribution in [0.25, 0.3) is 0 Å². The number of carbonyl (C=O) groups is 1. The summed E-state index contributed by atoms with van der Waals surface area (Å²) in [5.74, 6) is -1.53. The highest BCUT2D eigenvalue weighted by Crippen LogP contribution is 2.24. The van der Waals surface area contributed by atoms with Crippen LogP contribution in [0.4, 0.5) is 8.78 Å². The van der Waals surface area contributed by atoms with Crippen molar-refractivity contribution in [3.8, 4) is 0 Å². The second-order valence-electron chi connectivity index (χ2n) is 5.73. The average Bonchev–Trinajstić information content (AvgIpc) is 2.63. The van der Waals surface area contributed by atoms with Gasteiger partial charge in [-0.2, -0.15) is 0 Å². The van der Waals surface area contributed by atoms with Gasteiger partial charge in [0.2, 0.25) is 5.56 Å². The molecule has 0 fully saturated rings. The minimum Gasteiger partial charge on any atom is -0.339 e. The number of aryl methyl sites for hydroxylation is 1. The molecule has 5 nitrogen and oxygen atoms in total. The summed E-state index contributed by atoms with van der Waals surface area (Å²) in [5.41, 5.74) is 0.713. The number of amides is 1. The smallest absolute Gasteiger partial charge is 0.253 e. The van der Waals surface area contributed by atoms with Gasteiger partial charge in [-0.15, -0.1) is 0 Å². The molecule has 2 aromatic heterocycles. The van der Waals surface area contributed by atoms with Crippen molar-refractivity contribution in [1.82, 2.24) is 15.3 Å². The summed E-state index contributed by atoms with van der Waals surface area (Å²) >= 11 is 0. The summed E-state index contributed by atoms with van der Waals surface area (Å²) < 4.78 is 27.9. The van der Waals surface area contributed by atoms with Crippen LogP contribution in [0.2, 0.25) is 0 Å². The lowest BCUT2D eigenvalue weighted by Crippen LogP contribution is -2.31. The molecule has 132 valence electrons. The second kappa shape index (κ2) is 7.26. The molecule has 1 amide bonds. The molecule has 1 atom stereocenters. The van der Waals surface area contributed by atoms with Crippen molar-refractivity contribution >= 4 is 5.91 Å². The van der Waals surface area contributed by atoms with Gasteiger partial charge in [0.1, 0.15) is 17.3 Å². The van der Waals surface area contributed by atoms with E-state index in [0.29, 0.717) is 11.1 Å². The molecule has 0 saturated carbocycles. The Bertz CT molecular complexity index is 997. The van der Waals surface area contributed by atoms with Gasteiger partial charge in [0, 0.05) is 18.5 Å². The van der Waals surface area contributed by atoms with Crippen LogP contribution in [0.3, 0.4) is 0 Å². The molecule has 7 heteroatoms. The fourth-order valence-electron chi connectivity index (χ4n) is 2.53. The lowest BCUT2D eigenvalue weighted by molar-refractivity contribution is 0.0941. The molecule has 3 aromatic rings. The molecular formula is C19H15F2N3O2. The maximum atomic E-state index is 14.3. The number of rotatable bonds is 4. The third-order valence-electron chi connectivity index (χ3n) is 3.90. The molecule has 0 saturated heterocycles. The molecule has 0 aliphatic heterocycles. The predicted octanol–water partition coefficient (Wildman–Crippen LogP) is 2.88. The van der Waals surface area contributed by atoms with Gasteiger partial charge in [-0.3, -0.25) is 14.6 Å². The Morgan fingerprint density at radius 2 is 1.96 bits per heavy atom. The zero-order valence-electron chi connectivity index (χ0n) is 13.8. The van der Waals surface area contributed by atoms with Gasteiger partial charge in [0.05, 0.1) is 11.6 Å². The third kappa shape index (κ3) is 3.66. The number of halogens is 2. The Morgan fingerprint density at radius 1 is 1.15 bits per heavy atom. The molecule has 0 spiro atoms. The van der Waals surface area contributed by atoms with Crippen LogP contribution < -0.4 is 10.9 Å². The first-order valence-electron chi connectivity index (χ1n) is 7.82. The average molecular weight is 355 g/mol. The summed E-state index contributed by atoms with van der Waals surface area (Å²) in [5, 5.41) is 2.69. The highest BCUT2D eigenvalue weighted by Gasteiger charge is 2.23. The monoisotopic (exact) mass is 355 g/mol. The van der Waals surface area contributed by atoms with Crippen LogP contribution in [-0.4, -0.2) is 15.9 Å². The third-order valence-corrected chi connectivity index (χ3v) is 3.90. The van der Waals surface area contributed by atoms with E-state index in [0.717, 1.165) is 0 Å². The molecule has 0 unspecified atom stereocenters. The van der Waals surface area contributed by atoms with E-state index in [2.05, 4.69) is 15.3 Å². The Kier molecular flexibility index (Phi) is 4.88. The van der Waals surface area contributed by atoms with Gasteiger partial charge < -0.3 is 10.3 Å². The summed E-state index contributed by atoms with van der Waals surface area (Å²) in [6.07, 6.45) is 2.67. The summed E-state index contributed by atoms with van der Waals surface area (Å²) in [7, 11) is 0. The number of nitrogens with one attached hydrogen (secondary N) is 2. The number of benzene rings is 1. The second-order valence-corrected chi connectivity index (χ2v) is 5.73. The van der Waals surface area contributed by atoms with Gasteiger partial charge in [0.25, 0.3) is 5.91 Å². The fraction of sp³-hybridized carbons (Fsp3) is 0.105. The summed E-state index contributed by atoms with van der Waals surface area (Å²) in [6, 6.07) is 8.58. The summed E-state index contributed by atoms with van der Waals surface area (Å²) in [4.78, 5) is 30.1. The Hall–Kier alpha value is -3.35. The number of H-pyrrole nitrogens is 1. The predicted molar refractivity (Wildman–Crippen MR) is 91.7 cm³/mol. The van der Waals surface area contributed by atoms with Crippen molar-refractivity contribution in [2.45, 2.75) is 13.0 Å². The van der Waals surface area contributed by atoms with E-state index < -0.39 is 23.6 Å². The molecule has 0 bridgehead atoms. The van der Waals surface area contributed by atoms with Crippen molar-refractivity contribution in [1.29, 1.82) is 0 Å². The lowest BCUT2D eigenvalue weighted by Gasteiger charge is -2.20. The first kappa shape index (κ1) is 17.5. The Morgan fingerprint density at radius 3 is 2.62 bits per heavy atom.